The molecule has 3 N–H and O–H groups in total. The smallest absolute Gasteiger partial charge is 0.270 e. The number of nitrogens with one attached hydrogen (secondary N) is 1. The number of nitrogens with two attached hydrogens (primary N) is 1. The molecule has 1 amide bonds. The van der Waals surface area contributed by atoms with Crippen LogP contribution in [0.5, 0.6) is 0 Å². The van der Waals surface area contributed by atoms with Gasteiger partial charge in [-0.1, -0.05) is 0 Å². The van der Waals surface area contributed by atoms with Crippen LogP contribution in [0.2, 0.25) is 0 Å². The van der Waals surface area contributed by atoms with Crippen LogP contribution in [0.25, 0.3) is 0 Å². The van der Waals surface area contributed by atoms with E-state index in [1.54, 1.807) is 16.3 Å². The zero-order chi connectivity index (χ0) is 13.8. The van der Waals surface area contributed by atoms with Gasteiger partial charge in [-0.2, -0.15) is 5.10 Å². The average molecular weight is 279 g/mol. The number of aromatic nitrogens is 3. The minimum Gasteiger partial charge on any atom is -0.350 e. The number of hydrogen-bond donors (Lipinski definition) is 2. The van der Waals surface area contributed by atoms with E-state index in [1.807, 2.05) is 20.2 Å². The molecule has 1 atom stereocenters. The Hall–Kier alpha value is -1.73. The SMILES string of the molecule is CC(N)c1nc(C(=O)NCCc2cnn(C)c2)cs1. The van der Waals surface area contributed by atoms with Crippen molar-refractivity contribution >= 4 is 17.2 Å². The Labute approximate surface area is 115 Å². The van der Waals surface area contributed by atoms with E-state index in [9.17, 15) is 4.79 Å². The van der Waals surface area contributed by atoms with E-state index in [1.165, 1.54) is 11.3 Å². The second-order valence-corrected chi connectivity index (χ2v) is 5.28. The molecule has 1 unspecified atom stereocenters. The number of carbonyl (C=O) groups excluding carboxylic acids is 1. The fourth-order valence-electron chi connectivity index (χ4n) is 1.61. The molecular formula is C12H17N5OS. The van der Waals surface area contributed by atoms with Crippen LogP contribution in [0.15, 0.2) is 17.8 Å². The number of rotatable bonds is 5. The van der Waals surface area contributed by atoms with Crippen molar-refractivity contribution in [2.75, 3.05) is 6.54 Å². The predicted molar refractivity (Wildman–Crippen MR) is 74.0 cm³/mol. The summed E-state index contributed by atoms with van der Waals surface area (Å²) in [5, 5.41) is 9.42. The molecule has 0 bridgehead atoms. The summed E-state index contributed by atoms with van der Waals surface area (Å²) in [6.07, 6.45) is 4.48. The van der Waals surface area contributed by atoms with Crippen LogP contribution >= 0.6 is 11.3 Å². The summed E-state index contributed by atoms with van der Waals surface area (Å²) in [5.74, 6) is -0.160. The summed E-state index contributed by atoms with van der Waals surface area (Å²) >= 11 is 1.41. The number of amides is 1. The van der Waals surface area contributed by atoms with Crippen LogP contribution in [0.4, 0.5) is 0 Å². The molecule has 102 valence electrons. The van der Waals surface area contributed by atoms with Crippen molar-refractivity contribution in [3.8, 4) is 0 Å². The van der Waals surface area contributed by atoms with Crippen LogP contribution in [0.3, 0.4) is 0 Å². The fraction of sp³-hybridized carbons (Fsp3) is 0.417. The third-order valence-electron chi connectivity index (χ3n) is 2.60. The summed E-state index contributed by atoms with van der Waals surface area (Å²) in [5.41, 5.74) is 7.24. The van der Waals surface area contributed by atoms with Gasteiger partial charge in [-0.3, -0.25) is 9.48 Å². The summed E-state index contributed by atoms with van der Waals surface area (Å²) in [7, 11) is 1.87. The Balaban J connectivity index is 1.83. The van der Waals surface area contributed by atoms with Gasteiger partial charge in [-0.05, 0) is 18.9 Å². The van der Waals surface area contributed by atoms with Gasteiger partial charge in [-0.15, -0.1) is 11.3 Å². The molecule has 2 aromatic rings. The van der Waals surface area contributed by atoms with Gasteiger partial charge in [0, 0.05) is 25.2 Å². The quantitative estimate of drug-likeness (QED) is 0.850. The molecule has 0 radical (unpaired) electrons. The Bertz CT molecular complexity index is 560. The molecule has 0 saturated carbocycles. The van der Waals surface area contributed by atoms with Gasteiger partial charge in [0.05, 0.1) is 12.2 Å². The van der Waals surface area contributed by atoms with Crippen molar-refractivity contribution in [3.63, 3.8) is 0 Å². The maximum atomic E-state index is 11.8. The zero-order valence-electron chi connectivity index (χ0n) is 11.0. The lowest BCUT2D eigenvalue weighted by molar-refractivity contribution is 0.0949. The first-order valence-electron chi connectivity index (χ1n) is 6.03. The van der Waals surface area contributed by atoms with Crippen LogP contribution < -0.4 is 11.1 Å². The van der Waals surface area contributed by atoms with Crippen molar-refractivity contribution in [2.24, 2.45) is 12.8 Å². The van der Waals surface area contributed by atoms with Crippen molar-refractivity contribution in [1.29, 1.82) is 0 Å². The number of hydrogen-bond acceptors (Lipinski definition) is 5. The first kappa shape index (κ1) is 13.7. The molecule has 0 spiro atoms. The third-order valence-corrected chi connectivity index (χ3v) is 3.65. The minimum atomic E-state index is -0.160. The molecule has 0 saturated heterocycles. The maximum Gasteiger partial charge on any atom is 0.270 e. The van der Waals surface area contributed by atoms with Gasteiger partial charge >= 0.3 is 0 Å². The van der Waals surface area contributed by atoms with E-state index in [4.69, 9.17) is 5.73 Å². The number of nitrogens with zero attached hydrogens (tertiary/aromatic N) is 3. The van der Waals surface area contributed by atoms with Crippen LogP contribution in [0, 0.1) is 0 Å². The van der Waals surface area contributed by atoms with Crippen molar-refractivity contribution in [3.05, 3.63) is 34.0 Å². The second kappa shape index (κ2) is 5.94. The first-order valence-corrected chi connectivity index (χ1v) is 6.91. The summed E-state index contributed by atoms with van der Waals surface area (Å²) in [6.45, 7) is 2.42. The van der Waals surface area contributed by atoms with Gasteiger partial charge in [0.25, 0.3) is 5.91 Å². The number of thiazole rings is 1. The van der Waals surface area contributed by atoms with Gasteiger partial charge in [0.1, 0.15) is 10.7 Å². The molecule has 6 nitrogen and oxygen atoms in total. The second-order valence-electron chi connectivity index (χ2n) is 4.39. The molecule has 2 heterocycles. The molecule has 0 aliphatic rings. The lowest BCUT2D eigenvalue weighted by Crippen LogP contribution is -2.26. The lowest BCUT2D eigenvalue weighted by Gasteiger charge is -2.01. The molecule has 19 heavy (non-hydrogen) atoms. The molecule has 0 aromatic carbocycles. The first-order chi connectivity index (χ1) is 9.06. The molecular weight excluding hydrogens is 262 g/mol. The van der Waals surface area contributed by atoms with E-state index < -0.39 is 0 Å². The lowest BCUT2D eigenvalue weighted by atomic mass is 10.2. The fourth-order valence-corrected chi connectivity index (χ4v) is 2.37. The van der Waals surface area contributed by atoms with E-state index in [-0.39, 0.29) is 11.9 Å². The van der Waals surface area contributed by atoms with E-state index >= 15 is 0 Å². The maximum absolute atomic E-state index is 11.8. The van der Waals surface area contributed by atoms with Crippen molar-refractivity contribution in [2.45, 2.75) is 19.4 Å². The highest BCUT2D eigenvalue weighted by Crippen LogP contribution is 2.15. The average Bonchev–Trinajstić information content (AvgIpc) is 2.98. The van der Waals surface area contributed by atoms with Crippen LogP contribution in [-0.2, 0) is 13.5 Å². The van der Waals surface area contributed by atoms with Crippen LogP contribution in [0.1, 0.15) is 34.0 Å². The summed E-state index contributed by atoms with van der Waals surface area (Å²) in [4.78, 5) is 16.1. The molecule has 2 aromatic heterocycles. The molecule has 0 fully saturated rings. The van der Waals surface area contributed by atoms with E-state index in [0.29, 0.717) is 12.2 Å². The number of carbonyl (C=O) groups is 1. The Kier molecular flexibility index (Phi) is 4.28. The highest BCUT2D eigenvalue weighted by molar-refractivity contribution is 7.09. The zero-order valence-corrected chi connectivity index (χ0v) is 11.8. The molecule has 0 aliphatic heterocycles. The largest absolute Gasteiger partial charge is 0.350 e. The van der Waals surface area contributed by atoms with Crippen molar-refractivity contribution in [1.82, 2.24) is 20.1 Å². The van der Waals surface area contributed by atoms with Gasteiger partial charge in [0.15, 0.2) is 0 Å². The summed E-state index contributed by atoms with van der Waals surface area (Å²) < 4.78 is 1.74. The Morgan fingerprint density at radius 1 is 1.63 bits per heavy atom. The Morgan fingerprint density at radius 3 is 3.00 bits per heavy atom. The molecule has 2 rings (SSSR count). The molecule has 7 heteroatoms. The van der Waals surface area contributed by atoms with Gasteiger partial charge in [0.2, 0.25) is 0 Å². The highest BCUT2D eigenvalue weighted by atomic mass is 32.1. The minimum absolute atomic E-state index is 0.137. The predicted octanol–water partition coefficient (Wildman–Crippen LogP) is 0.869. The standard InChI is InChI=1S/C12H17N5OS/c1-8(13)12-16-10(7-19-12)11(18)14-4-3-9-5-15-17(2)6-9/h5-8H,3-4,13H2,1-2H3,(H,14,18). The van der Waals surface area contributed by atoms with Gasteiger partial charge < -0.3 is 11.1 Å². The van der Waals surface area contributed by atoms with E-state index in [0.717, 1.165) is 17.0 Å². The molecule has 0 aliphatic carbocycles. The van der Waals surface area contributed by atoms with Crippen LogP contribution in [-0.4, -0.2) is 27.2 Å². The topological polar surface area (TPSA) is 85.8 Å². The Morgan fingerprint density at radius 2 is 2.42 bits per heavy atom. The van der Waals surface area contributed by atoms with Gasteiger partial charge in [-0.25, -0.2) is 4.98 Å². The van der Waals surface area contributed by atoms with Crippen molar-refractivity contribution < 1.29 is 4.79 Å². The monoisotopic (exact) mass is 279 g/mol. The normalized spacial score (nSPS) is 12.4. The highest BCUT2D eigenvalue weighted by Gasteiger charge is 2.12. The summed E-state index contributed by atoms with van der Waals surface area (Å²) in [6, 6.07) is -0.137. The third kappa shape index (κ3) is 3.62. The number of aryl methyl sites for hydroxylation is 1. The van der Waals surface area contributed by atoms with E-state index in [2.05, 4.69) is 15.4 Å².